The van der Waals surface area contributed by atoms with Gasteiger partial charge in [-0.05, 0) is 32.2 Å². The van der Waals surface area contributed by atoms with Crippen LogP contribution in [-0.4, -0.2) is 66.1 Å². The van der Waals surface area contributed by atoms with Gasteiger partial charge in [-0.25, -0.2) is 4.79 Å². The molecule has 3 atom stereocenters. The molecule has 1 aromatic rings. The fourth-order valence-corrected chi connectivity index (χ4v) is 4.02. The molecule has 0 bridgehead atoms. The molecule has 1 aromatic heterocycles. The molecule has 10 heteroatoms. The molecule has 0 radical (unpaired) electrons. The van der Waals surface area contributed by atoms with Crippen molar-refractivity contribution in [2.75, 3.05) is 26.7 Å². The predicted molar refractivity (Wildman–Crippen MR) is 84.9 cm³/mol. The number of rotatable bonds is 3. The summed E-state index contributed by atoms with van der Waals surface area (Å²) in [6, 6.07) is -0.568. The summed E-state index contributed by atoms with van der Waals surface area (Å²) in [6.45, 7) is 0.797. The number of likely N-dealkylation sites (tertiary alicyclic amines) is 2. The molecule has 0 spiro atoms. The van der Waals surface area contributed by atoms with E-state index in [1.165, 1.54) is 23.0 Å². The number of nitrogens with one attached hydrogen (secondary N) is 1. The lowest BCUT2D eigenvalue weighted by atomic mass is 9.88. The molecule has 2 aliphatic rings. The maximum atomic E-state index is 13.2. The van der Waals surface area contributed by atoms with Crippen molar-refractivity contribution in [3.8, 4) is 0 Å². The van der Waals surface area contributed by atoms with Gasteiger partial charge in [0.15, 0.2) is 0 Å². The molecule has 2 aliphatic heterocycles. The first kappa shape index (κ1) is 18.8. The summed E-state index contributed by atoms with van der Waals surface area (Å²) in [7, 11) is 1.26. The normalized spacial score (nSPS) is 27.7. The van der Waals surface area contributed by atoms with Crippen LogP contribution < -0.4 is 5.56 Å². The van der Waals surface area contributed by atoms with Crippen LogP contribution in [0.2, 0.25) is 0 Å². The van der Waals surface area contributed by atoms with Crippen molar-refractivity contribution < 1.29 is 27.2 Å². The van der Waals surface area contributed by atoms with Crippen molar-refractivity contribution in [1.82, 2.24) is 15.0 Å². The molecule has 0 saturated carbocycles. The van der Waals surface area contributed by atoms with Crippen LogP contribution in [0.3, 0.4) is 0 Å². The number of aromatic nitrogens is 1. The first-order chi connectivity index (χ1) is 12.3. The minimum atomic E-state index is -4.28. The largest absolute Gasteiger partial charge is 0.453 e. The Bertz CT molecular complexity index is 687. The molecular weight excluding hydrogens is 355 g/mol. The van der Waals surface area contributed by atoms with E-state index in [1.54, 1.807) is 0 Å². The van der Waals surface area contributed by atoms with Crippen LogP contribution in [0, 0.1) is 0 Å². The van der Waals surface area contributed by atoms with Crippen LogP contribution >= 0.6 is 0 Å². The number of amides is 1. The molecule has 146 valence electrons. The van der Waals surface area contributed by atoms with Gasteiger partial charge in [0.25, 0.3) is 5.56 Å². The van der Waals surface area contributed by atoms with Gasteiger partial charge in [-0.2, -0.15) is 18.3 Å². The van der Waals surface area contributed by atoms with E-state index in [4.69, 9.17) is 9.26 Å². The highest BCUT2D eigenvalue weighted by Crippen LogP contribution is 2.36. The number of methoxy groups -OCH3 is 1. The van der Waals surface area contributed by atoms with E-state index in [0.717, 1.165) is 0 Å². The van der Waals surface area contributed by atoms with Gasteiger partial charge in [0.05, 0.1) is 7.11 Å². The summed E-state index contributed by atoms with van der Waals surface area (Å²) >= 11 is 0. The number of nitrogens with zero attached hydrogens (tertiary/aromatic N) is 2. The third-order valence-corrected chi connectivity index (χ3v) is 5.26. The zero-order chi connectivity index (χ0) is 18.9. The Morgan fingerprint density at radius 2 is 2.15 bits per heavy atom. The van der Waals surface area contributed by atoms with E-state index in [0.29, 0.717) is 38.1 Å². The third kappa shape index (κ3) is 3.89. The Morgan fingerprint density at radius 1 is 1.38 bits per heavy atom. The summed E-state index contributed by atoms with van der Waals surface area (Å²) in [4.78, 5) is 26.2. The van der Waals surface area contributed by atoms with E-state index < -0.39 is 24.4 Å². The van der Waals surface area contributed by atoms with Gasteiger partial charge in [0.2, 0.25) is 0 Å². The molecule has 0 unspecified atom stereocenters. The molecule has 7 nitrogen and oxygen atoms in total. The van der Waals surface area contributed by atoms with Crippen molar-refractivity contribution in [2.24, 2.45) is 0 Å². The Morgan fingerprint density at radius 3 is 2.77 bits per heavy atom. The highest BCUT2D eigenvalue weighted by molar-refractivity contribution is 5.68. The van der Waals surface area contributed by atoms with E-state index in [1.807, 2.05) is 0 Å². The fourth-order valence-electron chi connectivity index (χ4n) is 4.02. The van der Waals surface area contributed by atoms with Crippen molar-refractivity contribution >= 4 is 6.09 Å². The number of hydrogen-bond donors (Lipinski definition) is 1. The zero-order valence-corrected chi connectivity index (χ0v) is 14.4. The molecule has 3 heterocycles. The van der Waals surface area contributed by atoms with Crippen molar-refractivity contribution in [3.05, 3.63) is 22.2 Å². The Labute approximate surface area is 148 Å². The van der Waals surface area contributed by atoms with Crippen molar-refractivity contribution in [1.29, 1.82) is 0 Å². The molecule has 2 saturated heterocycles. The van der Waals surface area contributed by atoms with Gasteiger partial charge in [0, 0.05) is 31.1 Å². The Hall–Kier alpha value is -1.97. The fraction of sp³-hybridized carbons (Fsp3) is 0.750. The molecule has 0 aliphatic carbocycles. The van der Waals surface area contributed by atoms with Crippen LogP contribution in [-0.2, 0) is 4.74 Å². The lowest BCUT2D eigenvalue weighted by Gasteiger charge is -2.40. The van der Waals surface area contributed by atoms with Crippen LogP contribution in [0.5, 0.6) is 0 Å². The van der Waals surface area contributed by atoms with Gasteiger partial charge >= 0.3 is 12.3 Å². The SMILES string of the molecule is COC(=O)N1CC[C@@H](c2cc(=O)[nH]o2)C[C@H]1CN1CCC[C@@H]1C(F)(F)F. The maximum absolute atomic E-state index is 13.2. The summed E-state index contributed by atoms with van der Waals surface area (Å²) in [6.07, 6.45) is -3.32. The van der Waals surface area contributed by atoms with Crippen molar-refractivity contribution in [2.45, 2.75) is 49.9 Å². The summed E-state index contributed by atoms with van der Waals surface area (Å²) in [5.74, 6) is 0.338. The molecule has 0 aromatic carbocycles. The molecule has 1 N–H and O–H groups in total. The number of hydrogen-bond acceptors (Lipinski definition) is 5. The highest BCUT2D eigenvalue weighted by Gasteiger charge is 2.47. The Kier molecular flexibility index (Phi) is 5.31. The second-order valence-electron chi connectivity index (χ2n) is 6.85. The van der Waals surface area contributed by atoms with Gasteiger partial charge < -0.3 is 14.2 Å². The van der Waals surface area contributed by atoms with Crippen LogP contribution in [0.1, 0.15) is 37.4 Å². The van der Waals surface area contributed by atoms with E-state index in [9.17, 15) is 22.8 Å². The molecule has 1 amide bonds. The minimum Gasteiger partial charge on any atom is -0.453 e. The number of H-pyrrole nitrogens is 1. The minimum absolute atomic E-state index is 0.0740. The topological polar surface area (TPSA) is 78.8 Å². The summed E-state index contributed by atoms with van der Waals surface area (Å²) < 4.78 is 49.6. The number of carbonyl (C=O) groups is 1. The van der Waals surface area contributed by atoms with Gasteiger partial charge in [-0.15, -0.1) is 0 Å². The maximum Gasteiger partial charge on any atom is 0.409 e. The summed E-state index contributed by atoms with van der Waals surface area (Å²) in [5, 5.41) is 2.23. The van der Waals surface area contributed by atoms with E-state index in [2.05, 4.69) is 5.16 Å². The average Bonchev–Trinajstić information content (AvgIpc) is 3.22. The number of aromatic amines is 1. The predicted octanol–water partition coefficient (Wildman–Crippen LogP) is 2.31. The van der Waals surface area contributed by atoms with Gasteiger partial charge in [-0.1, -0.05) is 0 Å². The van der Waals surface area contributed by atoms with E-state index in [-0.39, 0.29) is 24.4 Å². The quantitative estimate of drug-likeness (QED) is 0.875. The lowest BCUT2D eigenvalue weighted by Crippen LogP contribution is -2.53. The second-order valence-corrected chi connectivity index (χ2v) is 6.85. The van der Waals surface area contributed by atoms with Crippen LogP contribution in [0.4, 0.5) is 18.0 Å². The third-order valence-electron chi connectivity index (χ3n) is 5.26. The van der Waals surface area contributed by atoms with E-state index >= 15 is 0 Å². The molecule has 3 rings (SSSR count). The Balaban J connectivity index is 1.76. The molecular formula is C16H22F3N3O4. The first-order valence-corrected chi connectivity index (χ1v) is 8.63. The smallest absolute Gasteiger partial charge is 0.409 e. The number of piperidine rings is 1. The summed E-state index contributed by atoms with van der Waals surface area (Å²) in [5.41, 5.74) is -0.358. The average molecular weight is 377 g/mol. The first-order valence-electron chi connectivity index (χ1n) is 8.63. The monoisotopic (exact) mass is 377 g/mol. The lowest BCUT2D eigenvalue weighted by molar-refractivity contribution is -0.177. The van der Waals surface area contributed by atoms with Crippen molar-refractivity contribution in [3.63, 3.8) is 0 Å². The van der Waals surface area contributed by atoms with Crippen LogP contribution in [0.25, 0.3) is 0 Å². The number of alkyl halides is 3. The van der Waals surface area contributed by atoms with Crippen LogP contribution in [0.15, 0.2) is 15.4 Å². The van der Waals surface area contributed by atoms with Gasteiger partial charge in [0.1, 0.15) is 11.8 Å². The number of halogens is 3. The highest BCUT2D eigenvalue weighted by atomic mass is 19.4. The molecule has 2 fully saturated rings. The molecule has 26 heavy (non-hydrogen) atoms. The number of carbonyl (C=O) groups excluding carboxylic acids is 1. The zero-order valence-electron chi connectivity index (χ0n) is 14.4. The number of ether oxygens (including phenoxy) is 1. The van der Waals surface area contributed by atoms with Gasteiger partial charge in [-0.3, -0.25) is 9.69 Å². The second kappa shape index (κ2) is 7.34. The standard InChI is InChI=1S/C16H22F3N3O4/c1-25-15(24)22-6-4-10(12-8-14(23)20-26-12)7-11(22)9-21-5-2-3-13(21)16(17,18)19/h8,10-11,13H,2-7,9H2,1H3,(H,20,23)/t10-,11+,13-/m1/s1.